The molecule has 1 amide bonds. The van der Waals surface area contributed by atoms with Crippen molar-refractivity contribution in [3.8, 4) is 0 Å². The Hall–Kier alpha value is -2.35. The molecule has 27 heavy (non-hydrogen) atoms. The Balaban J connectivity index is 1.90. The molecule has 1 aliphatic rings. The Labute approximate surface area is 163 Å². The third-order valence-corrected chi connectivity index (χ3v) is 5.17. The number of carbonyl (C=O) groups is 1. The van der Waals surface area contributed by atoms with Crippen LogP contribution in [0.4, 0.5) is 11.4 Å². The topological polar surface area (TPSA) is 20.3 Å². The molecule has 0 saturated heterocycles. The summed E-state index contributed by atoms with van der Waals surface area (Å²) in [7, 11) is 0. The Kier molecular flexibility index (Phi) is 5.28. The summed E-state index contributed by atoms with van der Waals surface area (Å²) in [5, 5.41) is 0. The van der Waals surface area contributed by atoms with Gasteiger partial charge in [0.25, 0.3) is 5.91 Å². The van der Waals surface area contributed by atoms with E-state index < -0.39 is 0 Å². The van der Waals surface area contributed by atoms with E-state index in [9.17, 15) is 4.79 Å². The molecule has 0 radical (unpaired) electrons. The number of rotatable bonds is 5. The van der Waals surface area contributed by atoms with E-state index in [0.717, 1.165) is 23.4 Å². The number of hydrogen-bond donors (Lipinski definition) is 0. The highest BCUT2D eigenvalue weighted by Gasteiger charge is 2.32. The average molecular weight is 362 g/mol. The van der Waals surface area contributed by atoms with Gasteiger partial charge in [0.2, 0.25) is 0 Å². The van der Waals surface area contributed by atoms with Gasteiger partial charge in [0.05, 0.1) is 5.69 Å². The van der Waals surface area contributed by atoms with Gasteiger partial charge in [0.15, 0.2) is 0 Å². The monoisotopic (exact) mass is 361 g/mol. The van der Waals surface area contributed by atoms with Gasteiger partial charge in [-0.25, -0.2) is 0 Å². The Morgan fingerprint density at radius 3 is 2.22 bits per heavy atom. The van der Waals surface area contributed by atoms with E-state index in [4.69, 9.17) is 0 Å². The molecular weight excluding hydrogens is 330 g/mol. The van der Waals surface area contributed by atoms with Gasteiger partial charge < -0.3 is 0 Å². The fraction of sp³-hybridized carbons (Fsp3) is 0.400. The van der Waals surface area contributed by atoms with Gasteiger partial charge >= 0.3 is 0 Å². The first-order chi connectivity index (χ1) is 12.7. The van der Waals surface area contributed by atoms with Gasteiger partial charge in [0, 0.05) is 16.8 Å². The van der Waals surface area contributed by atoms with Crippen molar-refractivity contribution in [2.24, 2.45) is 11.3 Å². The fourth-order valence-electron chi connectivity index (χ4n) is 4.08. The zero-order valence-electron chi connectivity index (χ0n) is 17.3. The first-order valence-corrected chi connectivity index (χ1v) is 9.90. The number of para-hydroxylation sites is 1. The molecule has 2 nitrogen and oxygen atoms in total. The van der Waals surface area contributed by atoms with Crippen LogP contribution in [0.15, 0.2) is 55.1 Å². The van der Waals surface area contributed by atoms with Gasteiger partial charge in [-0.15, -0.1) is 0 Å². The lowest BCUT2D eigenvalue weighted by atomic mass is 9.78. The maximum atomic E-state index is 12.7. The molecule has 1 aliphatic heterocycles. The van der Waals surface area contributed by atoms with Crippen LogP contribution in [0.3, 0.4) is 0 Å². The summed E-state index contributed by atoms with van der Waals surface area (Å²) in [5.74, 6) is 1.17. The van der Waals surface area contributed by atoms with Crippen molar-refractivity contribution < 1.29 is 4.79 Å². The molecule has 0 aliphatic carbocycles. The van der Waals surface area contributed by atoms with Gasteiger partial charge in [-0.05, 0) is 53.9 Å². The van der Waals surface area contributed by atoms with Crippen LogP contribution >= 0.6 is 0 Å². The second-order valence-corrected chi connectivity index (χ2v) is 9.32. The van der Waals surface area contributed by atoms with Crippen LogP contribution in [0.1, 0.15) is 64.5 Å². The number of fused-ring (bicyclic) bond motifs is 1. The number of nitrogens with zero attached hydrogens (tertiary/aromatic N) is 1. The first kappa shape index (κ1) is 19.4. The van der Waals surface area contributed by atoms with E-state index in [1.165, 1.54) is 12.0 Å². The molecule has 2 heteroatoms. The minimum absolute atomic E-state index is 0.0302. The minimum Gasteiger partial charge on any atom is -0.276 e. The molecule has 0 saturated carbocycles. The first-order valence-electron chi connectivity index (χ1n) is 9.90. The van der Waals surface area contributed by atoms with Gasteiger partial charge in [-0.3, -0.25) is 9.69 Å². The Morgan fingerprint density at radius 1 is 1.00 bits per heavy atom. The highest BCUT2D eigenvalue weighted by molar-refractivity contribution is 6.34. The largest absolute Gasteiger partial charge is 0.276 e. The predicted molar refractivity (Wildman–Crippen MR) is 115 cm³/mol. The maximum absolute atomic E-state index is 12.7. The lowest BCUT2D eigenvalue weighted by molar-refractivity contribution is -0.112. The number of amides is 1. The Bertz CT molecular complexity index is 839. The van der Waals surface area contributed by atoms with Crippen molar-refractivity contribution in [2.45, 2.75) is 53.4 Å². The van der Waals surface area contributed by atoms with E-state index >= 15 is 0 Å². The van der Waals surface area contributed by atoms with Crippen LogP contribution in [-0.2, 0) is 4.79 Å². The van der Waals surface area contributed by atoms with Crippen LogP contribution in [-0.4, -0.2) is 5.91 Å². The zero-order valence-corrected chi connectivity index (χ0v) is 17.3. The molecule has 3 rings (SSSR count). The third-order valence-electron chi connectivity index (χ3n) is 5.17. The summed E-state index contributed by atoms with van der Waals surface area (Å²) in [6, 6.07) is 16.4. The molecule has 1 heterocycles. The summed E-state index contributed by atoms with van der Waals surface area (Å²) in [4.78, 5) is 14.5. The summed E-state index contributed by atoms with van der Waals surface area (Å²) in [6.45, 7) is 15.5. The fourth-order valence-corrected chi connectivity index (χ4v) is 4.08. The van der Waals surface area contributed by atoms with Crippen LogP contribution in [0, 0.1) is 11.3 Å². The molecule has 2 aromatic rings. The molecule has 0 bridgehead atoms. The SMILES string of the molecule is C=C1C(=O)N(c2ccc(C(CC(C)C)CC(C)(C)C)cc2)c2ccccc21. The molecule has 0 fully saturated rings. The van der Waals surface area contributed by atoms with E-state index in [-0.39, 0.29) is 5.91 Å². The van der Waals surface area contributed by atoms with Crippen LogP contribution in [0.5, 0.6) is 0 Å². The molecule has 0 N–H and O–H groups in total. The van der Waals surface area contributed by atoms with Crippen LogP contribution in [0.25, 0.3) is 5.57 Å². The van der Waals surface area contributed by atoms with Gasteiger partial charge in [0.1, 0.15) is 0 Å². The van der Waals surface area contributed by atoms with E-state index in [1.54, 1.807) is 4.90 Å². The highest BCUT2D eigenvalue weighted by Crippen LogP contribution is 2.41. The molecule has 2 aromatic carbocycles. The molecule has 1 atom stereocenters. The van der Waals surface area contributed by atoms with Crippen molar-refractivity contribution in [3.63, 3.8) is 0 Å². The number of hydrogen-bond acceptors (Lipinski definition) is 1. The lowest BCUT2D eigenvalue weighted by Gasteiger charge is -2.28. The van der Waals surface area contributed by atoms with E-state index in [2.05, 4.69) is 65.5 Å². The quantitative estimate of drug-likeness (QED) is 0.528. The summed E-state index contributed by atoms with van der Waals surface area (Å²) in [5.41, 5.74) is 4.99. The van der Waals surface area contributed by atoms with Crippen molar-refractivity contribution >= 4 is 22.9 Å². The van der Waals surface area contributed by atoms with E-state index in [1.807, 2.05) is 24.3 Å². The number of anilines is 2. The predicted octanol–water partition coefficient (Wildman–Crippen LogP) is 6.94. The van der Waals surface area contributed by atoms with Gasteiger partial charge in [-0.2, -0.15) is 0 Å². The van der Waals surface area contributed by atoms with Crippen molar-refractivity contribution in [2.75, 3.05) is 4.90 Å². The van der Waals surface area contributed by atoms with Crippen LogP contribution < -0.4 is 4.90 Å². The molecule has 142 valence electrons. The smallest absolute Gasteiger partial charge is 0.262 e. The molecular formula is C25H31NO. The second-order valence-electron chi connectivity index (χ2n) is 9.32. The molecule has 0 spiro atoms. The lowest BCUT2D eigenvalue weighted by Crippen LogP contribution is -2.20. The van der Waals surface area contributed by atoms with E-state index in [0.29, 0.717) is 22.8 Å². The zero-order chi connectivity index (χ0) is 19.8. The standard InChI is InChI=1S/C25H31NO/c1-17(2)15-20(16-25(4,5)6)19-11-13-21(14-12-19)26-23-10-8-7-9-22(23)18(3)24(26)27/h7-14,17,20H,3,15-16H2,1-2,4-6H3. The summed E-state index contributed by atoms with van der Waals surface area (Å²) >= 11 is 0. The third kappa shape index (κ3) is 4.16. The Morgan fingerprint density at radius 2 is 1.63 bits per heavy atom. The second kappa shape index (κ2) is 7.34. The van der Waals surface area contributed by atoms with Crippen molar-refractivity contribution in [1.82, 2.24) is 0 Å². The maximum Gasteiger partial charge on any atom is 0.262 e. The minimum atomic E-state index is -0.0302. The summed E-state index contributed by atoms with van der Waals surface area (Å²) in [6.07, 6.45) is 2.34. The normalized spacial score (nSPS) is 15.4. The molecule has 0 aromatic heterocycles. The molecule has 1 unspecified atom stereocenters. The number of carbonyl (C=O) groups excluding carboxylic acids is 1. The average Bonchev–Trinajstić information content (AvgIpc) is 2.84. The van der Waals surface area contributed by atoms with Crippen molar-refractivity contribution in [3.05, 3.63) is 66.2 Å². The van der Waals surface area contributed by atoms with Crippen molar-refractivity contribution in [1.29, 1.82) is 0 Å². The summed E-state index contributed by atoms with van der Waals surface area (Å²) < 4.78 is 0. The van der Waals surface area contributed by atoms with Crippen LogP contribution in [0.2, 0.25) is 0 Å². The number of benzene rings is 2. The van der Waals surface area contributed by atoms with Gasteiger partial charge in [-0.1, -0.05) is 71.5 Å². The highest BCUT2D eigenvalue weighted by atomic mass is 16.2.